The maximum absolute atomic E-state index is 12.4. The molecule has 0 aliphatic rings. The summed E-state index contributed by atoms with van der Waals surface area (Å²) in [5, 5.41) is 0.536. The summed E-state index contributed by atoms with van der Waals surface area (Å²) in [6.45, 7) is 3.75. The monoisotopic (exact) mass is 323 g/mol. The van der Waals surface area contributed by atoms with E-state index >= 15 is 0 Å². The maximum Gasteiger partial charge on any atom is 0.401 e. The fourth-order valence-corrected chi connectivity index (χ4v) is 2.51. The van der Waals surface area contributed by atoms with Crippen LogP contribution in [0.1, 0.15) is 16.7 Å². The van der Waals surface area contributed by atoms with Gasteiger partial charge in [0.2, 0.25) is 0 Å². The van der Waals surface area contributed by atoms with Gasteiger partial charge in [0, 0.05) is 18.4 Å². The molecule has 1 nitrogen and oxygen atoms in total. The smallest absolute Gasteiger partial charge is 0.290 e. The largest absolute Gasteiger partial charge is 0.401 e. The minimum atomic E-state index is -4.15. The van der Waals surface area contributed by atoms with Crippen LogP contribution >= 0.6 is 15.9 Å². The molecule has 0 N–H and O–H groups in total. The van der Waals surface area contributed by atoms with E-state index in [9.17, 15) is 13.2 Å². The summed E-state index contributed by atoms with van der Waals surface area (Å²) < 4.78 is 37.3. The van der Waals surface area contributed by atoms with Crippen molar-refractivity contribution in [2.75, 3.05) is 18.4 Å². The molecule has 0 atom stereocenters. The number of nitrogens with zero attached hydrogens (tertiary/aromatic N) is 1. The molecule has 0 saturated heterocycles. The predicted molar refractivity (Wildman–Crippen MR) is 71.0 cm³/mol. The lowest BCUT2D eigenvalue weighted by molar-refractivity contribution is -0.146. The third-order valence-corrected chi connectivity index (χ3v) is 2.85. The van der Waals surface area contributed by atoms with E-state index in [1.54, 1.807) is 0 Å². The van der Waals surface area contributed by atoms with E-state index in [2.05, 4.69) is 15.9 Å². The molecule has 1 aromatic rings. The predicted octanol–water partition coefficient (Wildman–Crippen LogP) is 4.06. The first-order chi connectivity index (χ1) is 8.30. The molecule has 0 saturated carbocycles. The van der Waals surface area contributed by atoms with Gasteiger partial charge in [-0.3, -0.25) is 4.90 Å². The van der Waals surface area contributed by atoms with Crippen LogP contribution in [0.25, 0.3) is 0 Å². The molecular formula is C13H17BrF3N. The van der Waals surface area contributed by atoms with Crippen LogP contribution in [0, 0.1) is 13.8 Å². The van der Waals surface area contributed by atoms with E-state index in [1.807, 2.05) is 32.0 Å². The Balaban J connectivity index is 2.76. The highest BCUT2D eigenvalue weighted by Crippen LogP contribution is 2.19. The van der Waals surface area contributed by atoms with Crippen molar-refractivity contribution in [1.29, 1.82) is 0 Å². The summed E-state index contributed by atoms with van der Waals surface area (Å²) >= 11 is 3.19. The van der Waals surface area contributed by atoms with Crippen LogP contribution in [0.3, 0.4) is 0 Å². The molecule has 0 aliphatic carbocycles. The Morgan fingerprint density at radius 1 is 1.11 bits per heavy atom. The Bertz CT molecular complexity index is 370. The quantitative estimate of drug-likeness (QED) is 0.738. The summed E-state index contributed by atoms with van der Waals surface area (Å²) in [7, 11) is 0. The van der Waals surface area contributed by atoms with E-state index in [0.29, 0.717) is 18.4 Å². The molecule has 102 valence electrons. The number of hydrogen-bond acceptors (Lipinski definition) is 1. The van der Waals surface area contributed by atoms with Crippen LogP contribution in [0.4, 0.5) is 13.2 Å². The first kappa shape index (κ1) is 15.5. The summed E-state index contributed by atoms with van der Waals surface area (Å²) in [5.41, 5.74) is 3.09. The zero-order chi connectivity index (χ0) is 13.8. The Hall–Kier alpha value is -0.550. The maximum atomic E-state index is 12.4. The van der Waals surface area contributed by atoms with Crippen LogP contribution < -0.4 is 0 Å². The number of halogens is 4. The average Bonchev–Trinajstić information content (AvgIpc) is 2.12. The molecule has 1 aromatic carbocycles. The SMILES string of the molecule is Cc1cc(C)cc(CN(CCBr)CC(F)(F)F)c1. The lowest BCUT2D eigenvalue weighted by atomic mass is 10.1. The highest BCUT2D eigenvalue weighted by Gasteiger charge is 2.30. The van der Waals surface area contributed by atoms with Gasteiger partial charge in [-0.15, -0.1) is 0 Å². The molecule has 0 amide bonds. The van der Waals surface area contributed by atoms with Crippen LogP contribution in [0.15, 0.2) is 18.2 Å². The van der Waals surface area contributed by atoms with Crippen molar-refractivity contribution < 1.29 is 13.2 Å². The standard InChI is InChI=1S/C13H17BrF3N/c1-10-5-11(2)7-12(6-10)8-18(4-3-14)9-13(15,16)17/h5-7H,3-4,8-9H2,1-2H3. The number of rotatable bonds is 5. The molecule has 0 aromatic heterocycles. The first-order valence-electron chi connectivity index (χ1n) is 5.72. The second-order valence-electron chi connectivity index (χ2n) is 4.51. The van der Waals surface area contributed by atoms with Gasteiger partial charge in [-0.1, -0.05) is 45.3 Å². The fraction of sp³-hybridized carbons (Fsp3) is 0.538. The van der Waals surface area contributed by atoms with E-state index in [4.69, 9.17) is 0 Å². The molecule has 1 rings (SSSR count). The molecule has 0 fully saturated rings. The zero-order valence-electron chi connectivity index (χ0n) is 10.5. The van der Waals surface area contributed by atoms with Crippen LogP contribution in [-0.4, -0.2) is 29.5 Å². The lowest BCUT2D eigenvalue weighted by Gasteiger charge is -2.23. The topological polar surface area (TPSA) is 3.24 Å². The molecule has 0 aliphatic heterocycles. The highest BCUT2D eigenvalue weighted by molar-refractivity contribution is 9.09. The van der Waals surface area contributed by atoms with E-state index in [1.165, 1.54) is 4.90 Å². The number of alkyl halides is 4. The number of hydrogen-bond donors (Lipinski definition) is 0. The Morgan fingerprint density at radius 3 is 2.11 bits per heavy atom. The van der Waals surface area contributed by atoms with Gasteiger partial charge in [0.05, 0.1) is 6.54 Å². The molecule has 0 bridgehead atoms. The van der Waals surface area contributed by atoms with Crippen molar-refractivity contribution in [2.45, 2.75) is 26.6 Å². The highest BCUT2D eigenvalue weighted by atomic mass is 79.9. The minimum Gasteiger partial charge on any atom is -0.290 e. The molecule has 5 heteroatoms. The summed E-state index contributed by atoms with van der Waals surface area (Å²) in [5.74, 6) is 0. The third kappa shape index (κ3) is 5.87. The summed E-state index contributed by atoms with van der Waals surface area (Å²) in [4.78, 5) is 1.41. The van der Waals surface area contributed by atoms with Crippen molar-refractivity contribution >= 4 is 15.9 Å². The molecule has 0 unspecified atom stereocenters. The normalized spacial score (nSPS) is 12.2. The summed E-state index contributed by atoms with van der Waals surface area (Å²) in [6, 6.07) is 5.89. The van der Waals surface area contributed by atoms with Gasteiger partial charge in [-0.05, 0) is 19.4 Å². The van der Waals surface area contributed by atoms with Crippen LogP contribution in [-0.2, 0) is 6.54 Å². The third-order valence-electron chi connectivity index (χ3n) is 2.49. The molecule has 0 heterocycles. The van der Waals surface area contributed by atoms with Gasteiger partial charge in [0.1, 0.15) is 0 Å². The summed E-state index contributed by atoms with van der Waals surface area (Å²) in [6.07, 6.45) is -4.15. The van der Waals surface area contributed by atoms with Gasteiger partial charge in [0.15, 0.2) is 0 Å². The Kier molecular flexibility index (Phi) is 5.66. The Labute approximate surface area is 114 Å². The number of aryl methyl sites for hydroxylation is 2. The average molecular weight is 324 g/mol. The van der Waals surface area contributed by atoms with Crippen molar-refractivity contribution in [1.82, 2.24) is 4.90 Å². The van der Waals surface area contributed by atoms with Gasteiger partial charge < -0.3 is 0 Å². The zero-order valence-corrected chi connectivity index (χ0v) is 12.1. The molecule has 18 heavy (non-hydrogen) atoms. The van der Waals surface area contributed by atoms with E-state index < -0.39 is 12.7 Å². The van der Waals surface area contributed by atoms with Gasteiger partial charge in [0.25, 0.3) is 0 Å². The van der Waals surface area contributed by atoms with Crippen molar-refractivity contribution in [3.05, 3.63) is 34.9 Å². The van der Waals surface area contributed by atoms with Crippen LogP contribution in [0.2, 0.25) is 0 Å². The van der Waals surface area contributed by atoms with Crippen LogP contribution in [0.5, 0.6) is 0 Å². The van der Waals surface area contributed by atoms with Crippen molar-refractivity contribution in [3.63, 3.8) is 0 Å². The second-order valence-corrected chi connectivity index (χ2v) is 5.30. The molecule has 0 radical (unpaired) electrons. The fourth-order valence-electron chi connectivity index (χ4n) is 2.01. The minimum absolute atomic E-state index is 0.327. The van der Waals surface area contributed by atoms with E-state index in [0.717, 1.165) is 16.7 Å². The molecule has 0 spiro atoms. The van der Waals surface area contributed by atoms with Crippen molar-refractivity contribution in [3.8, 4) is 0 Å². The van der Waals surface area contributed by atoms with Gasteiger partial charge >= 0.3 is 6.18 Å². The molecular weight excluding hydrogens is 307 g/mol. The van der Waals surface area contributed by atoms with Gasteiger partial charge in [-0.25, -0.2) is 0 Å². The second kappa shape index (κ2) is 6.57. The van der Waals surface area contributed by atoms with E-state index in [-0.39, 0.29) is 0 Å². The van der Waals surface area contributed by atoms with Gasteiger partial charge in [-0.2, -0.15) is 13.2 Å². The first-order valence-corrected chi connectivity index (χ1v) is 6.84. The van der Waals surface area contributed by atoms with Crippen molar-refractivity contribution in [2.24, 2.45) is 0 Å². The number of benzene rings is 1. The Morgan fingerprint density at radius 2 is 1.67 bits per heavy atom. The lowest BCUT2D eigenvalue weighted by Crippen LogP contribution is -2.35.